The number of benzene rings is 1. The van der Waals surface area contributed by atoms with E-state index in [-0.39, 0.29) is 0 Å². The molecule has 0 radical (unpaired) electrons. The highest BCUT2D eigenvalue weighted by Gasteiger charge is 2.07. The van der Waals surface area contributed by atoms with E-state index in [9.17, 15) is 0 Å². The molecule has 1 aromatic heterocycles. The zero-order chi connectivity index (χ0) is 13.0. The van der Waals surface area contributed by atoms with Crippen molar-refractivity contribution in [1.29, 1.82) is 5.26 Å². The van der Waals surface area contributed by atoms with Crippen molar-refractivity contribution in [3.8, 4) is 16.6 Å². The van der Waals surface area contributed by atoms with Gasteiger partial charge in [0.1, 0.15) is 10.0 Å². The second-order valence-corrected chi connectivity index (χ2v) is 5.29. The first-order chi connectivity index (χ1) is 8.69. The number of nitriles is 1. The van der Waals surface area contributed by atoms with Gasteiger partial charge in [-0.1, -0.05) is 37.3 Å². The molecule has 0 atom stereocenters. The number of hydrogen-bond donors (Lipinski definition) is 1. The van der Waals surface area contributed by atoms with Crippen LogP contribution in [0.4, 0.5) is 0 Å². The summed E-state index contributed by atoms with van der Waals surface area (Å²) in [6.45, 7) is 4.92. The summed E-state index contributed by atoms with van der Waals surface area (Å²) in [5.74, 6) is 0. The molecule has 0 saturated heterocycles. The van der Waals surface area contributed by atoms with Crippen molar-refractivity contribution in [3.05, 3.63) is 34.8 Å². The molecule has 0 amide bonds. The lowest BCUT2D eigenvalue weighted by atomic mass is 10.1. The van der Waals surface area contributed by atoms with Gasteiger partial charge in [0.05, 0.1) is 11.6 Å². The third-order valence-electron chi connectivity index (χ3n) is 2.37. The summed E-state index contributed by atoms with van der Waals surface area (Å²) in [6.07, 6.45) is 0. The van der Waals surface area contributed by atoms with Crippen LogP contribution in [0.1, 0.15) is 24.4 Å². The summed E-state index contributed by atoms with van der Waals surface area (Å²) in [7, 11) is 0. The monoisotopic (exact) mass is 258 g/mol. The second-order valence-electron chi connectivity index (χ2n) is 4.23. The van der Waals surface area contributed by atoms with Gasteiger partial charge in [0, 0.05) is 18.2 Å². The highest BCUT2D eigenvalue weighted by Crippen LogP contribution is 2.24. The Morgan fingerprint density at radius 3 is 2.94 bits per heavy atom. The number of nitrogens with zero attached hydrogens (tertiary/aromatic N) is 3. The summed E-state index contributed by atoms with van der Waals surface area (Å²) < 4.78 is 0. The fourth-order valence-corrected chi connectivity index (χ4v) is 2.24. The molecule has 0 fully saturated rings. The summed E-state index contributed by atoms with van der Waals surface area (Å²) in [5, 5.41) is 22.3. The van der Waals surface area contributed by atoms with E-state index in [1.165, 1.54) is 0 Å². The Bertz CT molecular complexity index is 568. The minimum Gasteiger partial charge on any atom is -0.308 e. The Morgan fingerprint density at radius 2 is 2.22 bits per heavy atom. The average Bonchev–Trinajstić information content (AvgIpc) is 2.85. The molecule has 4 nitrogen and oxygen atoms in total. The fourth-order valence-electron chi connectivity index (χ4n) is 1.45. The Morgan fingerprint density at radius 1 is 1.39 bits per heavy atom. The van der Waals surface area contributed by atoms with E-state index in [0.29, 0.717) is 11.6 Å². The molecule has 18 heavy (non-hydrogen) atoms. The lowest BCUT2D eigenvalue weighted by molar-refractivity contribution is 0.585. The fraction of sp³-hybridized carbons (Fsp3) is 0.308. The predicted molar refractivity (Wildman–Crippen MR) is 72.0 cm³/mol. The van der Waals surface area contributed by atoms with Gasteiger partial charge in [0.15, 0.2) is 0 Å². The first-order valence-electron chi connectivity index (χ1n) is 5.75. The van der Waals surface area contributed by atoms with Crippen LogP contribution in [0, 0.1) is 11.3 Å². The van der Waals surface area contributed by atoms with Crippen molar-refractivity contribution in [1.82, 2.24) is 15.5 Å². The van der Waals surface area contributed by atoms with Crippen LogP contribution in [-0.4, -0.2) is 16.2 Å². The predicted octanol–water partition coefficient (Wildman–Crippen LogP) is 2.57. The SMILES string of the molecule is CC(C)NCc1nnc(-c2cccc(C#N)c2)s1. The Balaban J connectivity index is 2.16. The Kier molecular flexibility index (Phi) is 4.03. The number of hydrogen-bond acceptors (Lipinski definition) is 5. The Hall–Kier alpha value is -1.77. The van der Waals surface area contributed by atoms with Crippen molar-refractivity contribution in [2.45, 2.75) is 26.4 Å². The summed E-state index contributed by atoms with van der Waals surface area (Å²) >= 11 is 1.55. The first kappa shape index (κ1) is 12.7. The molecule has 2 aromatic rings. The Labute approximate surface area is 110 Å². The molecule has 0 aliphatic heterocycles. The van der Waals surface area contributed by atoms with Crippen molar-refractivity contribution < 1.29 is 0 Å². The van der Waals surface area contributed by atoms with Gasteiger partial charge in [-0.25, -0.2) is 0 Å². The van der Waals surface area contributed by atoms with Gasteiger partial charge in [-0.05, 0) is 12.1 Å². The van der Waals surface area contributed by atoms with Crippen molar-refractivity contribution in [2.24, 2.45) is 0 Å². The van der Waals surface area contributed by atoms with Crippen LogP contribution in [0.15, 0.2) is 24.3 Å². The van der Waals surface area contributed by atoms with Crippen molar-refractivity contribution >= 4 is 11.3 Å². The van der Waals surface area contributed by atoms with Crippen LogP contribution in [0.25, 0.3) is 10.6 Å². The minimum absolute atomic E-state index is 0.430. The summed E-state index contributed by atoms with van der Waals surface area (Å²) in [4.78, 5) is 0. The highest BCUT2D eigenvalue weighted by molar-refractivity contribution is 7.14. The first-order valence-corrected chi connectivity index (χ1v) is 6.57. The third kappa shape index (κ3) is 3.13. The molecule has 0 bridgehead atoms. The number of aromatic nitrogens is 2. The van der Waals surface area contributed by atoms with E-state index < -0.39 is 0 Å². The van der Waals surface area contributed by atoms with E-state index >= 15 is 0 Å². The minimum atomic E-state index is 0.430. The van der Waals surface area contributed by atoms with Crippen molar-refractivity contribution in [2.75, 3.05) is 0 Å². The lowest BCUT2D eigenvalue weighted by Crippen LogP contribution is -2.21. The molecule has 5 heteroatoms. The molecular formula is C13H14N4S. The van der Waals surface area contributed by atoms with Crippen LogP contribution < -0.4 is 5.32 Å². The topological polar surface area (TPSA) is 61.6 Å². The zero-order valence-corrected chi connectivity index (χ0v) is 11.2. The van der Waals surface area contributed by atoms with E-state index in [0.717, 1.165) is 22.1 Å². The smallest absolute Gasteiger partial charge is 0.147 e. The second kappa shape index (κ2) is 5.71. The normalized spacial score (nSPS) is 10.6. The van der Waals surface area contributed by atoms with E-state index in [2.05, 4.69) is 35.4 Å². The van der Waals surface area contributed by atoms with E-state index in [1.807, 2.05) is 18.2 Å². The van der Waals surface area contributed by atoms with Gasteiger partial charge < -0.3 is 5.32 Å². The van der Waals surface area contributed by atoms with Gasteiger partial charge in [0.25, 0.3) is 0 Å². The van der Waals surface area contributed by atoms with Crippen LogP contribution in [-0.2, 0) is 6.54 Å². The highest BCUT2D eigenvalue weighted by atomic mass is 32.1. The molecular weight excluding hydrogens is 244 g/mol. The molecule has 1 heterocycles. The molecule has 0 aliphatic carbocycles. The molecule has 0 saturated carbocycles. The molecule has 92 valence electrons. The maximum Gasteiger partial charge on any atom is 0.147 e. The van der Waals surface area contributed by atoms with Gasteiger partial charge in [-0.3, -0.25) is 0 Å². The van der Waals surface area contributed by atoms with Crippen LogP contribution in [0.3, 0.4) is 0 Å². The standard InChI is InChI=1S/C13H14N4S/c1-9(2)15-8-12-16-17-13(18-12)11-5-3-4-10(6-11)7-14/h3-6,9,15H,8H2,1-2H3. The third-order valence-corrected chi connectivity index (χ3v) is 3.34. The zero-order valence-electron chi connectivity index (χ0n) is 10.3. The molecule has 0 unspecified atom stereocenters. The molecule has 1 N–H and O–H groups in total. The quantitative estimate of drug-likeness (QED) is 0.915. The van der Waals surface area contributed by atoms with Gasteiger partial charge in [-0.15, -0.1) is 10.2 Å². The van der Waals surface area contributed by atoms with Gasteiger partial charge in [-0.2, -0.15) is 5.26 Å². The van der Waals surface area contributed by atoms with Gasteiger partial charge in [0.2, 0.25) is 0 Å². The van der Waals surface area contributed by atoms with Crippen molar-refractivity contribution in [3.63, 3.8) is 0 Å². The maximum absolute atomic E-state index is 8.87. The van der Waals surface area contributed by atoms with E-state index in [1.54, 1.807) is 17.4 Å². The number of rotatable bonds is 4. The van der Waals surface area contributed by atoms with Crippen LogP contribution >= 0.6 is 11.3 Å². The largest absolute Gasteiger partial charge is 0.308 e. The summed E-state index contributed by atoms with van der Waals surface area (Å²) in [5.41, 5.74) is 1.59. The maximum atomic E-state index is 8.87. The van der Waals surface area contributed by atoms with Gasteiger partial charge >= 0.3 is 0 Å². The average molecular weight is 258 g/mol. The number of nitrogens with one attached hydrogen (secondary N) is 1. The van der Waals surface area contributed by atoms with E-state index in [4.69, 9.17) is 5.26 Å². The molecule has 0 spiro atoms. The molecule has 0 aliphatic rings. The molecule has 1 aromatic carbocycles. The summed E-state index contributed by atoms with van der Waals surface area (Å²) in [6, 6.07) is 9.98. The van der Waals surface area contributed by atoms with Crippen LogP contribution in [0.2, 0.25) is 0 Å². The lowest BCUT2D eigenvalue weighted by Gasteiger charge is -2.03. The molecule has 2 rings (SSSR count). The van der Waals surface area contributed by atoms with Crippen LogP contribution in [0.5, 0.6) is 0 Å².